The van der Waals surface area contributed by atoms with Gasteiger partial charge in [-0.05, 0) is 156 Å². The Hall–Kier alpha value is -5.24. The number of nitrogens with zero attached hydrogens (tertiary/aromatic N) is 8. The molecule has 7 heterocycles. The number of sulfonamides is 2. The Labute approximate surface area is 559 Å². The molecule has 3 atom stereocenters. The van der Waals surface area contributed by atoms with Gasteiger partial charge in [0, 0.05) is 141 Å². The van der Waals surface area contributed by atoms with E-state index in [-0.39, 0.29) is 69.9 Å². The van der Waals surface area contributed by atoms with Crippen LogP contribution in [0.2, 0.25) is 0 Å². The highest BCUT2D eigenvalue weighted by Crippen LogP contribution is 2.42. The molecule has 26 nitrogen and oxygen atoms in total. The van der Waals surface area contributed by atoms with Crippen molar-refractivity contribution in [3.63, 3.8) is 0 Å². The fourth-order valence-corrected chi connectivity index (χ4v) is 15.7. The van der Waals surface area contributed by atoms with Gasteiger partial charge in [0.15, 0.2) is 11.6 Å². The van der Waals surface area contributed by atoms with E-state index < -0.39 is 54.4 Å². The lowest BCUT2D eigenvalue weighted by molar-refractivity contribution is -0.121. The Balaban J connectivity index is 0.000000207. The normalized spacial score (nSPS) is 22.5. The molecule has 28 heteroatoms. The summed E-state index contributed by atoms with van der Waals surface area (Å²) >= 11 is 0. The lowest BCUT2D eigenvalue weighted by Gasteiger charge is -2.43. The monoisotopic (exact) mass is 1360 g/mol. The van der Waals surface area contributed by atoms with Gasteiger partial charge in [0.2, 0.25) is 20.0 Å². The third kappa shape index (κ3) is 21.9. The largest absolute Gasteiger partial charge is 0.444 e. The first-order valence-corrected chi connectivity index (χ1v) is 35.6. The maximum Gasteiger partial charge on any atom is 0.410 e. The van der Waals surface area contributed by atoms with E-state index >= 15 is 0 Å². The van der Waals surface area contributed by atoms with Gasteiger partial charge in [-0.15, -0.1) is 0 Å². The number of carbonyl (C=O) groups is 6. The zero-order chi connectivity index (χ0) is 70.0. The van der Waals surface area contributed by atoms with Crippen LogP contribution in [0.15, 0.2) is 58.3 Å². The van der Waals surface area contributed by atoms with Crippen molar-refractivity contribution in [1.29, 1.82) is 0 Å². The first-order chi connectivity index (χ1) is 43.6. The van der Waals surface area contributed by atoms with Crippen LogP contribution in [0.4, 0.5) is 14.4 Å². The highest BCUT2D eigenvalue weighted by molar-refractivity contribution is 7.89. The van der Waals surface area contributed by atoms with Crippen LogP contribution in [0.3, 0.4) is 0 Å². The predicted molar refractivity (Wildman–Crippen MR) is 355 cm³/mol. The second-order valence-electron chi connectivity index (χ2n) is 29.2. The van der Waals surface area contributed by atoms with Crippen LogP contribution in [0.5, 0.6) is 0 Å². The van der Waals surface area contributed by atoms with Crippen LogP contribution < -0.4 is 10.6 Å². The van der Waals surface area contributed by atoms with Gasteiger partial charge in [-0.2, -0.15) is 8.61 Å². The molecule has 9 rings (SSSR count). The maximum absolute atomic E-state index is 13.7. The zero-order valence-electron chi connectivity index (χ0n) is 58.8. The van der Waals surface area contributed by atoms with Crippen LogP contribution in [0.1, 0.15) is 148 Å². The third-order valence-electron chi connectivity index (χ3n) is 16.6. The molecule has 94 heavy (non-hydrogen) atoms. The standard InChI is InChI=1S/C23H35N3O6S.C18H27N3O4S.C15H29N3O3.C10H17NO3/c1-17(27)18-7-9-20(10-8-18)33(29,30)26-16-19(15-24(5)6)31-23(26)11-13-25(14-12-23)21(28)32-22(2,3)4;1-14(22)15-4-6-17(7-5-15)26(23,24)21-13-16(12-20(2)3)25-18(21)8-10-19-11-9-18;1-14(2,3)21-13(19)18-8-6-15(7-9-18)16-10-12(20-15)11-17(4)5;1-10(2,3)14-9(13)11-6-4-8(12)5-7-11/h7-10,19H,11-16H2,1-6H3;4-7,16,19H,8-13H2,1-3H3;12,16H,6-11H2,1-5H3;4-7H2,1-3H3. The number of likely N-dealkylation sites (N-methyl/N-ethyl adjacent to an activating group) is 3. The minimum Gasteiger partial charge on any atom is -0.444 e. The highest BCUT2D eigenvalue weighted by Gasteiger charge is 2.56. The predicted octanol–water partition coefficient (Wildman–Crippen LogP) is 6.34. The number of likely N-dealkylation sites (tertiary alicyclic amines) is 3. The molecule has 2 aromatic rings. The second-order valence-corrected chi connectivity index (χ2v) is 32.9. The van der Waals surface area contributed by atoms with Crippen molar-refractivity contribution in [3.05, 3.63) is 59.7 Å². The van der Waals surface area contributed by atoms with Gasteiger partial charge in [0.1, 0.15) is 39.8 Å². The highest BCUT2D eigenvalue weighted by atomic mass is 32.2. The summed E-state index contributed by atoms with van der Waals surface area (Å²) in [5.74, 6) is 0.0182. The van der Waals surface area contributed by atoms with E-state index in [2.05, 4.69) is 29.6 Å². The number of amides is 3. The van der Waals surface area contributed by atoms with Crippen molar-refractivity contribution in [1.82, 2.24) is 48.6 Å². The zero-order valence-corrected chi connectivity index (χ0v) is 60.5. The Morgan fingerprint density at radius 3 is 1.17 bits per heavy atom. The Morgan fingerprint density at radius 1 is 0.500 bits per heavy atom. The summed E-state index contributed by atoms with van der Waals surface area (Å²) < 4.78 is 92.0. The fraction of sp³-hybridized carbons (Fsp3) is 0.727. The van der Waals surface area contributed by atoms with E-state index in [4.69, 9.17) is 28.4 Å². The topological polar surface area (TPSA) is 276 Å². The molecule has 7 fully saturated rings. The minimum atomic E-state index is -3.88. The third-order valence-corrected chi connectivity index (χ3v) is 20.5. The number of nitrogens with one attached hydrogen (secondary N) is 2. The lowest BCUT2D eigenvalue weighted by Crippen LogP contribution is -2.56. The SMILES string of the molecule is CC(=O)c1ccc(S(=O)(=O)N2CC(CN(C)C)OC23CCN(C(=O)OC(C)(C)C)CC3)cc1.CC(=O)c1ccc(S(=O)(=O)N2CC(CN(C)C)OC23CCNCC3)cc1.CC(C)(C)OC(=O)N1CCC(=O)CC1.CN(C)CC1CNC2(CCN(C(=O)OC(C)(C)C)CC2)O1. The summed E-state index contributed by atoms with van der Waals surface area (Å²) in [6, 6.07) is 12.2. The minimum absolute atomic E-state index is 0.0840. The molecule has 7 aliphatic heterocycles. The smallest absolute Gasteiger partial charge is 0.410 e. The molecular formula is C66H108N10O16S2. The number of ketones is 3. The summed E-state index contributed by atoms with van der Waals surface area (Å²) in [6.07, 6.45) is 3.33. The molecule has 0 bridgehead atoms. The molecule has 3 spiro atoms. The average molecular weight is 1360 g/mol. The van der Waals surface area contributed by atoms with Crippen molar-refractivity contribution in [3.8, 4) is 0 Å². The Kier molecular flexibility index (Phi) is 26.4. The molecule has 0 saturated carbocycles. The molecule has 2 aromatic carbocycles. The number of ether oxygens (including phenoxy) is 6. The Bertz CT molecular complexity index is 3120. The fourth-order valence-electron chi connectivity index (χ4n) is 12.2. The molecule has 0 aliphatic carbocycles. The first kappa shape index (κ1) is 77.8. The number of carbonyl (C=O) groups excluding carboxylic acids is 6. The Morgan fingerprint density at radius 2 is 0.830 bits per heavy atom. The molecule has 2 N–H and O–H groups in total. The van der Waals surface area contributed by atoms with Gasteiger partial charge in [-0.1, -0.05) is 24.3 Å². The van der Waals surface area contributed by atoms with Crippen molar-refractivity contribution in [2.75, 3.05) is 134 Å². The summed E-state index contributed by atoms with van der Waals surface area (Å²) in [5.41, 5.74) is -2.61. The van der Waals surface area contributed by atoms with Gasteiger partial charge in [0.25, 0.3) is 0 Å². The lowest BCUT2D eigenvalue weighted by atomic mass is 10.0. The maximum atomic E-state index is 13.7. The van der Waals surface area contributed by atoms with Crippen LogP contribution in [0, 0.1) is 0 Å². The van der Waals surface area contributed by atoms with Gasteiger partial charge < -0.3 is 63.1 Å². The summed E-state index contributed by atoms with van der Waals surface area (Å²) in [7, 11) is 4.26. The van der Waals surface area contributed by atoms with E-state index in [0.717, 1.165) is 39.0 Å². The van der Waals surface area contributed by atoms with Crippen LogP contribution in [-0.4, -0.2) is 277 Å². The molecule has 530 valence electrons. The molecule has 0 radical (unpaired) electrons. The summed E-state index contributed by atoms with van der Waals surface area (Å²) in [5, 5.41) is 6.78. The van der Waals surface area contributed by atoms with Gasteiger partial charge in [-0.25, -0.2) is 31.2 Å². The van der Waals surface area contributed by atoms with E-state index in [1.807, 2.05) is 100 Å². The number of Topliss-reactive ketones (excluding diaryl/α,β-unsaturated/α-hetero) is 3. The van der Waals surface area contributed by atoms with E-state index in [1.165, 1.54) is 58.9 Å². The molecule has 3 unspecified atom stereocenters. The van der Waals surface area contributed by atoms with Crippen molar-refractivity contribution < 1.29 is 74.0 Å². The van der Waals surface area contributed by atoms with E-state index in [9.17, 15) is 45.6 Å². The van der Waals surface area contributed by atoms with Crippen molar-refractivity contribution >= 4 is 55.7 Å². The van der Waals surface area contributed by atoms with Crippen molar-refractivity contribution in [2.24, 2.45) is 0 Å². The number of hydrogen-bond donors (Lipinski definition) is 2. The van der Waals surface area contributed by atoms with Gasteiger partial charge >= 0.3 is 18.3 Å². The van der Waals surface area contributed by atoms with Crippen LogP contribution in [0.25, 0.3) is 0 Å². The van der Waals surface area contributed by atoms with E-state index in [0.29, 0.717) is 109 Å². The van der Waals surface area contributed by atoms with Gasteiger partial charge in [-0.3, -0.25) is 19.7 Å². The summed E-state index contributed by atoms with van der Waals surface area (Å²) in [4.78, 5) is 81.5. The van der Waals surface area contributed by atoms with Crippen LogP contribution >= 0.6 is 0 Å². The van der Waals surface area contributed by atoms with Gasteiger partial charge in [0.05, 0.1) is 28.1 Å². The first-order valence-electron chi connectivity index (χ1n) is 32.7. The van der Waals surface area contributed by atoms with E-state index in [1.54, 1.807) is 26.8 Å². The average Bonchev–Trinajstić information content (AvgIpc) is 1.55. The second kappa shape index (κ2) is 32.0. The number of benzene rings is 2. The summed E-state index contributed by atoms with van der Waals surface area (Å²) in [6.45, 7) is 27.6. The molecule has 0 aromatic heterocycles. The molecule has 7 aliphatic rings. The molecule has 3 amide bonds. The quantitative estimate of drug-likeness (QED) is 0.173. The molecular weight excluding hydrogens is 1250 g/mol. The van der Waals surface area contributed by atoms with Crippen LogP contribution in [-0.2, 0) is 53.3 Å². The number of hydrogen-bond acceptors (Lipinski definition) is 21. The number of piperidine rings is 4. The van der Waals surface area contributed by atoms with Crippen molar-refractivity contribution in [2.45, 2.75) is 190 Å². The molecule has 7 saturated heterocycles. The number of rotatable bonds is 12.